The van der Waals surface area contributed by atoms with E-state index >= 15 is 0 Å². The summed E-state index contributed by atoms with van der Waals surface area (Å²) in [6.45, 7) is 0. The van der Waals surface area contributed by atoms with Crippen molar-refractivity contribution < 1.29 is 4.74 Å². The predicted molar refractivity (Wildman–Crippen MR) is 342 cm³/mol. The molecule has 0 aliphatic rings. The van der Waals surface area contributed by atoms with Crippen LogP contribution in [0.5, 0.6) is 11.5 Å². The number of para-hydroxylation sites is 8. The minimum Gasteiger partial charge on any atom is -0.457 e. The molecule has 6 nitrogen and oxygen atoms in total. The summed E-state index contributed by atoms with van der Waals surface area (Å²) in [5, 5.41) is 3.44. The van der Waals surface area contributed by atoms with Crippen molar-refractivity contribution in [3.63, 3.8) is 0 Å². The van der Waals surface area contributed by atoms with E-state index in [1.807, 2.05) is 6.07 Å². The molecule has 0 saturated heterocycles. The van der Waals surface area contributed by atoms with Crippen molar-refractivity contribution in [1.29, 1.82) is 0 Å². The minimum absolute atomic E-state index is 0.676. The van der Waals surface area contributed by atoms with Crippen LogP contribution >= 0.6 is 11.3 Å². The number of benzene rings is 12. The van der Waals surface area contributed by atoms with Gasteiger partial charge >= 0.3 is 0 Å². The van der Waals surface area contributed by atoms with Crippen molar-refractivity contribution in [3.05, 3.63) is 333 Å². The Kier molecular flexibility index (Phi) is 14.3. The average Bonchev–Trinajstić information content (AvgIpc) is 3.99. The van der Waals surface area contributed by atoms with Crippen molar-refractivity contribution in [2.45, 2.75) is 0 Å². The Morgan fingerprint density at radius 3 is 0.852 bits per heavy atom. The second-order valence-corrected chi connectivity index (χ2v) is 20.4. The summed E-state index contributed by atoms with van der Waals surface area (Å²) in [5.41, 5.74) is 15.0. The van der Waals surface area contributed by atoms with Gasteiger partial charge < -0.3 is 29.2 Å². The molecule has 1 heterocycles. The molecular weight excluding hydrogens is 1010 g/mol. The maximum Gasteiger partial charge on any atom is 0.131 e. The normalized spacial score (nSPS) is 11.0. The molecular formula is C74H55N5OS. The van der Waals surface area contributed by atoms with E-state index in [0.29, 0.717) is 11.5 Å². The lowest BCUT2D eigenvalue weighted by molar-refractivity contribution is 0.483. The zero-order valence-corrected chi connectivity index (χ0v) is 45.1. The fourth-order valence-corrected chi connectivity index (χ4v) is 11.6. The molecule has 0 fully saturated rings. The largest absolute Gasteiger partial charge is 0.457 e. The SMILES string of the molecule is c1ccc(N(c2ccccc2)c2cc(N(c3ccccc3)c3ccccc3)cc(N(c3ccccc3)c3cccc(Oc4cc(N(c5ccccc5)c5ccccc5)cc(N(c5ccccc5)c5csc6ccccc56)c4)c3)c2)cc1. The summed E-state index contributed by atoms with van der Waals surface area (Å²) in [4.78, 5) is 11.6. The first-order valence-corrected chi connectivity index (χ1v) is 28.0. The van der Waals surface area contributed by atoms with E-state index in [2.05, 4.69) is 351 Å². The van der Waals surface area contributed by atoms with Crippen LogP contribution in [0.25, 0.3) is 10.1 Å². The first-order valence-electron chi connectivity index (χ1n) is 27.1. The minimum atomic E-state index is 0.676. The Morgan fingerprint density at radius 1 is 0.210 bits per heavy atom. The second-order valence-electron chi connectivity index (χ2n) is 19.5. The van der Waals surface area contributed by atoms with Crippen LogP contribution in [0.3, 0.4) is 0 Å². The molecule has 388 valence electrons. The Balaban J connectivity index is 0.995. The van der Waals surface area contributed by atoms with Crippen LogP contribution in [0.2, 0.25) is 0 Å². The van der Waals surface area contributed by atoms with Crippen LogP contribution < -0.4 is 29.2 Å². The Morgan fingerprint density at radius 2 is 0.481 bits per heavy atom. The quantitative estimate of drug-likeness (QED) is 0.0901. The van der Waals surface area contributed by atoms with Gasteiger partial charge in [0.25, 0.3) is 0 Å². The van der Waals surface area contributed by atoms with E-state index in [9.17, 15) is 0 Å². The van der Waals surface area contributed by atoms with Gasteiger partial charge in [-0.2, -0.15) is 0 Å². The number of hydrogen-bond donors (Lipinski definition) is 0. The summed E-state index contributed by atoms with van der Waals surface area (Å²) in [5.74, 6) is 1.35. The molecule has 12 aromatic carbocycles. The third-order valence-electron chi connectivity index (χ3n) is 14.2. The lowest BCUT2D eigenvalue weighted by atomic mass is 10.1. The van der Waals surface area contributed by atoms with Gasteiger partial charge in [0.1, 0.15) is 11.5 Å². The zero-order valence-electron chi connectivity index (χ0n) is 44.3. The summed E-state index contributed by atoms with van der Waals surface area (Å²) >= 11 is 1.75. The van der Waals surface area contributed by atoms with E-state index < -0.39 is 0 Å². The molecule has 0 radical (unpaired) electrons. The van der Waals surface area contributed by atoms with E-state index in [0.717, 1.165) is 85.3 Å². The molecule has 81 heavy (non-hydrogen) atoms. The molecule has 0 amide bonds. The molecule has 0 N–H and O–H groups in total. The highest BCUT2D eigenvalue weighted by Gasteiger charge is 2.25. The molecule has 13 aromatic rings. The summed E-state index contributed by atoms with van der Waals surface area (Å²) in [6, 6.07) is 115. The molecule has 1 aromatic heterocycles. The first-order chi connectivity index (χ1) is 40.2. The topological polar surface area (TPSA) is 25.4 Å². The molecule has 0 aliphatic heterocycles. The zero-order chi connectivity index (χ0) is 54.2. The average molecular weight is 1060 g/mol. The number of ether oxygens (including phenoxy) is 1. The first kappa shape index (κ1) is 49.9. The highest BCUT2D eigenvalue weighted by atomic mass is 32.1. The fourth-order valence-electron chi connectivity index (χ4n) is 10.6. The highest BCUT2D eigenvalue weighted by Crippen LogP contribution is 2.49. The van der Waals surface area contributed by atoms with Crippen molar-refractivity contribution in [2.75, 3.05) is 24.5 Å². The monoisotopic (exact) mass is 1060 g/mol. The van der Waals surface area contributed by atoms with Crippen molar-refractivity contribution in [1.82, 2.24) is 0 Å². The highest BCUT2D eigenvalue weighted by molar-refractivity contribution is 7.17. The number of anilines is 15. The van der Waals surface area contributed by atoms with Crippen LogP contribution in [0.15, 0.2) is 333 Å². The van der Waals surface area contributed by atoms with E-state index in [1.54, 1.807) is 11.3 Å². The smallest absolute Gasteiger partial charge is 0.131 e. The Labute approximate surface area is 477 Å². The van der Waals surface area contributed by atoms with Gasteiger partial charge in [0, 0.05) is 84.9 Å². The van der Waals surface area contributed by atoms with Crippen LogP contribution in [-0.4, -0.2) is 0 Å². The van der Waals surface area contributed by atoms with Gasteiger partial charge in [0.15, 0.2) is 0 Å². The van der Waals surface area contributed by atoms with Gasteiger partial charge in [-0.25, -0.2) is 0 Å². The molecule has 0 unspecified atom stereocenters. The van der Waals surface area contributed by atoms with Gasteiger partial charge in [-0.05, 0) is 140 Å². The Bertz CT molecular complexity index is 3930. The van der Waals surface area contributed by atoms with E-state index in [1.165, 1.54) is 10.1 Å². The van der Waals surface area contributed by atoms with Crippen LogP contribution in [-0.2, 0) is 0 Å². The molecule has 13 rings (SSSR count). The van der Waals surface area contributed by atoms with Crippen LogP contribution in [0, 0.1) is 0 Å². The second kappa shape index (κ2) is 23.2. The molecule has 0 spiro atoms. The number of rotatable bonds is 17. The molecule has 0 saturated carbocycles. The van der Waals surface area contributed by atoms with E-state index in [4.69, 9.17) is 4.74 Å². The summed E-state index contributed by atoms with van der Waals surface area (Å²) in [6.07, 6.45) is 0. The van der Waals surface area contributed by atoms with Gasteiger partial charge in [0.2, 0.25) is 0 Å². The maximum absolute atomic E-state index is 7.30. The Hall–Kier alpha value is -10.6. The molecule has 7 heteroatoms. The van der Waals surface area contributed by atoms with Gasteiger partial charge in [-0.3, -0.25) is 0 Å². The third-order valence-corrected chi connectivity index (χ3v) is 15.1. The van der Waals surface area contributed by atoms with Crippen molar-refractivity contribution in [2.24, 2.45) is 0 Å². The fraction of sp³-hybridized carbons (Fsp3) is 0. The van der Waals surface area contributed by atoms with Gasteiger partial charge in [-0.15, -0.1) is 11.3 Å². The molecule has 0 aliphatic carbocycles. The molecule has 0 atom stereocenters. The van der Waals surface area contributed by atoms with Crippen molar-refractivity contribution in [3.8, 4) is 11.5 Å². The number of thiophene rings is 1. The van der Waals surface area contributed by atoms with E-state index in [-0.39, 0.29) is 0 Å². The van der Waals surface area contributed by atoms with Gasteiger partial charge in [0.05, 0.1) is 34.1 Å². The maximum atomic E-state index is 7.30. The van der Waals surface area contributed by atoms with Crippen molar-refractivity contribution >= 4 is 107 Å². The van der Waals surface area contributed by atoms with Gasteiger partial charge in [-0.1, -0.05) is 170 Å². The predicted octanol–water partition coefficient (Wildman–Crippen LogP) is 22.0. The summed E-state index contributed by atoms with van der Waals surface area (Å²) in [7, 11) is 0. The summed E-state index contributed by atoms with van der Waals surface area (Å²) < 4.78 is 8.51. The molecule has 0 bridgehead atoms. The number of nitrogens with zero attached hydrogens (tertiary/aromatic N) is 5. The number of fused-ring (bicyclic) bond motifs is 1. The standard InChI is InChI=1S/C74H55N5OS/c1-9-28-56(29-10-1)75(57-30-11-2-12-31-57)65-48-66(76(58-32-13-3-14-33-58)59-34-15-4-16-35-59)50-67(49-65)78(62-40-21-7-22-41-62)64-44-27-45-70(52-64)80-71-53-68(77(60-36-17-5-18-37-60)61-38-19-6-20-39-61)51-69(54-71)79(63-42-23-8-24-43-63)73-55-81-74-47-26-25-46-72(73)74/h1-55H. The van der Waals surface area contributed by atoms with Crippen LogP contribution in [0.4, 0.5) is 85.3 Å². The third kappa shape index (κ3) is 10.7. The number of hydrogen-bond acceptors (Lipinski definition) is 7. The van der Waals surface area contributed by atoms with Crippen LogP contribution in [0.1, 0.15) is 0 Å². The lowest BCUT2D eigenvalue weighted by Gasteiger charge is -2.33. The lowest BCUT2D eigenvalue weighted by Crippen LogP contribution is -2.16.